The molecule has 0 radical (unpaired) electrons. The summed E-state index contributed by atoms with van der Waals surface area (Å²) in [6.45, 7) is 1.74. The first-order valence-corrected chi connectivity index (χ1v) is 7.99. The van der Waals surface area contributed by atoms with Gasteiger partial charge in [0.1, 0.15) is 11.4 Å². The Hall–Kier alpha value is -2.54. The largest absolute Gasteiger partial charge is 0.386 e. The highest BCUT2D eigenvalue weighted by Crippen LogP contribution is 2.31. The number of fused-ring (bicyclic) bond motifs is 1. The highest BCUT2D eigenvalue weighted by Gasteiger charge is 2.34. The molecule has 0 bridgehead atoms. The second-order valence-electron chi connectivity index (χ2n) is 6.34. The molecule has 1 N–H and O–H groups in total. The normalized spacial score (nSPS) is 21.3. The van der Waals surface area contributed by atoms with E-state index in [1.165, 1.54) is 12.1 Å². The highest BCUT2D eigenvalue weighted by atomic mass is 19.1. The van der Waals surface area contributed by atoms with Gasteiger partial charge in [-0.15, -0.1) is 5.10 Å². The molecule has 3 heterocycles. The standard InChI is InChI=1S/C17H18FN5O/c18-13-2-3-14-15(10-13)19-6-4-16(14)22-8-1-5-17(24,11-22)12-23-9-7-20-21-23/h2-4,6-7,9-10,24H,1,5,8,11-12H2. The van der Waals surface area contributed by atoms with E-state index in [1.807, 2.05) is 6.07 Å². The van der Waals surface area contributed by atoms with Crippen molar-refractivity contribution in [2.45, 2.75) is 25.0 Å². The maximum absolute atomic E-state index is 13.4. The van der Waals surface area contributed by atoms with Gasteiger partial charge in [-0.2, -0.15) is 0 Å². The van der Waals surface area contributed by atoms with Gasteiger partial charge in [0.05, 0.1) is 18.3 Å². The quantitative estimate of drug-likeness (QED) is 0.797. The van der Waals surface area contributed by atoms with Crippen molar-refractivity contribution in [2.24, 2.45) is 0 Å². The molecule has 0 amide bonds. The van der Waals surface area contributed by atoms with E-state index in [0.717, 1.165) is 24.0 Å². The summed E-state index contributed by atoms with van der Waals surface area (Å²) in [6.07, 6.45) is 6.62. The third-order valence-electron chi connectivity index (χ3n) is 4.51. The van der Waals surface area contributed by atoms with Crippen LogP contribution in [0.4, 0.5) is 10.1 Å². The van der Waals surface area contributed by atoms with Crippen molar-refractivity contribution in [1.29, 1.82) is 0 Å². The number of hydrogen-bond acceptors (Lipinski definition) is 5. The number of halogens is 1. The fourth-order valence-electron chi connectivity index (χ4n) is 3.45. The number of aliphatic hydroxyl groups is 1. The zero-order valence-electron chi connectivity index (χ0n) is 13.1. The summed E-state index contributed by atoms with van der Waals surface area (Å²) >= 11 is 0. The minimum absolute atomic E-state index is 0.298. The van der Waals surface area contributed by atoms with E-state index in [-0.39, 0.29) is 5.82 Å². The first-order chi connectivity index (χ1) is 11.6. The van der Waals surface area contributed by atoms with Crippen molar-refractivity contribution < 1.29 is 9.50 Å². The lowest BCUT2D eigenvalue weighted by Gasteiger charge is -2.40. The van der Waals surface area contributed by atoms with Gasteiger partial charge < -0.3 is 10.0 Å². The first-order valence-electron chi connectivity index (χ1n) is 7.99. The Labute approximate surface area is 138 Å². The zero-order chi connectivity index (χ0) is 16.6. The molecule has 1 atom stereocenters. The van der Waals surface area contributed by atoms with Crippen LogP contribution in [0.15, 0.2) is 42.9 Å². The van der Waals surface area contributed by atoms with E-state index in [0.29, 0.717) is 25.0 Å². The number of pyridine rings is 1. The highest BCUT2D eigenvalue weighted by molar-refractivity contribution is 5.91. The fraction of sp³-hybridized carbons (Fsp3) is 0.353. The van der Waals surface area contributed by atoms with E-state index in [1.54, 1.807) is 29.3 Å². The lowest BCUT2D eigenvalue weighted by Crippen LogP contribution is -2.50. The summed E-state index contributed by atoms with van der Waals surface area (Å²) in [4.78, 5) is 6.38. The molecule has 1 aliphatic heterocycles. The number of anilines is 1. The van der Waals surface area contributed by atoms with Crippen molar-refractivity contribution >= 4 is 16.6 Å². The van der Waals surface area contributed by atoms with Crippen LogP contribution in [0, 0.1) is 5.82 Å². The molecule has 1 aromatic carbocycles. The molecule has 6 nitrogen and oxygen atoms in total. The molecule has 124 valence electrons. The van der Waals surface area contributed by atoms with Crippen molar-refractivity contribution in [3.8, 4) is 0 Å². The van der Waals surface area contributed by atoms with E-state index in [9.17, 15) is 9.50 Å². The number of rotatable bonds is 3. The van der Waals surface area contributed by atoms with Gasteiger partial charge in [-0.3, -0.25) is 4.98 Å². The molecule has 3 aromatic rings. The molecule has 1 unspecified atom stereocenters. The number of piperidine rings is 1. The predicted octanol–water partition coefficient (Wildman–Crippen LogP) is 2.00. The molecule has 1 aliphatic rings. The van der Waals surface area contributed by atoms with Crippen LogP contribution in [0.1, 0.15) is 12.8 Å². The maximum Gasteiger partial charge on any atom is 0.125 e. The van der Waals surface area contributed by atoms with E-state index < -0.39 is 5.60 Å². The van der Waals surface area contributed by atoms with Crippen LogP contribution in [0.2, 0.25) is 0 Å². The van der Waals surface area contributed by atoms with Gasteiger partial charge in [0.15, 0.2) is 0 Å². The molecule has 24 heavy (non-hydrogen) atoms. The first kappa shape index (κ1) is 15.0. The summed E-state index contributed by atoms with van der Waals surface area (Å²) in [6, 6.07) is 6.54. The smallest absolute Gasteiger partial charge is 0.125 e. The maximum atomic E-state index is 13.4. The van der Waals surface area contributed by atoms with Gasteiger partial charge in [-0.1, -0.05) is 5.21 Å². The molecule has 2 aromatic heterocycles. The second-order valence-corrected chi connectivity index (χ2v) is 6.34. The molecule has 1 saturated heterocycles. The molecular weight excluding hydrogens is 309 g/mol. The summed E-state index contributed by atoms with van der Waals surface area (Å²) in [7, 11) is 0. The summed E-state index contributed by atoms with van der Waals surface area (Å²) in [5, 5.41) is 19.6. The number of hydrogen-bond donors (Lipinski definition) is 1. The average Bonchev–Trinajstić information content (AvgIpc) is 3.06. The van der Waals surface area contributed by atoms with Crippen molar-refractivity contribution in [2.75, 3.05) is 18.0 Å². The Morgan fingerprint density at radius 1 is 1.25 bits per heavy atom. The minimum atomic E-state index is -0.873. The van der Waals surface area contributed by atoms with Crippen LogP contribution < -0.4 is 4.90 Å². The van der Waals surface area contributed by atoms with E-state index in [2.05, 4.69) is 20.2 Å². The van der Waals surface area contributed by atoms with Crippen molar-refractivity contribution in [3.05, 3.63) is 48.7 Å². The van der Waals surface area contributed by atoms with Crippen LogP contribution in [-0.2, 0) is 6.54 Å². The van der Waals surface area contributed by atoms with Crippen LogP contribution in [-0.4, -0.2) is 43.8 Å². The molecule has 1 fully saturated rings. The number of nitrogens with zero attached hydrogens (tertiary/aromatic N) is 5. The lowest BCUT2D eigenvalue weighted by molar-refractivity contribution is 0.00610. The Balaban J connectivity index is 1.64. The van der Waals surface area contributed by atoms with Crippen LogP contribution >= 0.6 is 0 Å². The molecule has 4 rings (SSSR count). The van der Waals surface area contributed by atoms with Gasteiger partial charge in [-0.25, -0.2) is 9.07 Å². The molecular formula is C17H18FN5O. The average molecular weight is 327 g/mol. The lowest BCUT2D eigenvalue weighted by atomic mass is 9.92. The predicted molar refractivity (Wildman–Crippen MR) is 88.1 cm³/mol. The minimum Gasteiger partial charge on any atom is -0.386 e. The summed E-state index contributed by atoms with van der Waals surface area (Å²) in [5.41, 5.74) is 0.719. The SMILES string of the molecule is OC1(Cn2ccnn2)CCCN(c2ccnc3cc(F)ccc23)C1. The Morgan fingerprint density at radius 3 is 3.00 bits per heavy atom. The van der Waals surface area contributed by atoms with Crippen LogP contribution in [0.5, 0.6) is 0 Å². The van der Waals surface area contributed by atoms with Gasteiger partial charge in [0.2, 0.25) is 0 Å². The second kappa shape index (κ2) is 5.83. The van der Waals surface area contributed by atoms with Gasteiger partial charge in [0.25, 0.3) is 0 Å². The van der Waals surface area contributed by atoms with Crippen LogP contribution in [0.25, 0.3) is 10.9 Å². The third kappa shape index (κ3) is 2.82. The van der Waals surface area contributed by atoms with E-state index >= 15 is 0 Å². The van der Waals surface area contributed by atoms with Crippen molar-refractivity contribution in [1.82, 2.24) is 20.0 Å². The zero-order valence-corrected chi connectivity index (χ0v) is 13.1. The topological polar surface area (TPSA) is 67.1 Å². The van der Waals surface area contributed by atoms with Gasteiger partial charge >= 0.3 is 0 Å². The number of benzene rings is 1. The van der Waals surface area contributed by atoms with Gasteiger partial charge in [0, 0.05) is 42.6 Å². The molecule has 0 saturated carbocycles. The van der Waals surface area contributed by atoms with Crippen LogP contribution in [0.3, 0.4) is 0 Å². The molecule has 0 spiro atoms. The Morgan fingerprint density at radius 2 is 2.17 bits per heavy atom. The fourth-order valence-corrected chi connectivity index (χ4v) is 3.45. The Kier molecular flexibility index (Phi) is 3.65. The van der Waals surface area contributed by atoms with E-state index in [4.69, 9.17) is 0 Å². The summed E-state index contributed by atoms with van der Waals surface area (Å²) < 4.78 is 15.1. The van der Waals surface area contributed by atoms with Gasteiger partial charge in [-0.05, 0) is 31.0 Å². The van der Waals surface area contributed by atoms with Crippen molar-refractivity contribution in [3.63, 3.8) is 0 Å². The molecule has 7 heteroatoms. The molecule has 0 aliphatic carbocycles. The Bertz CT molecular complexity index is 853. The number of β-amino-alcohol motifs (C(OH)–C–C–N with tert-alkyl or cyclic N) is 1. The number of aromatic nitrogens is 4. The third-order valence-corrected chi connectivity index (χ3v) is 4.51. The summed E-state index contributed by atoms with van der Waals surface area (Å²) in [5.74, 6) is -0.298. The monoisotopic (exact) mass is 327 g/mol.